The summed E-state index contributed by atoms with van der Waals surface area (Å²) in [6.07, 6.45) is 1.30. The molecule has 0 bridgehead atoms. The molecule has 0 heterocycles. The van der Waals surface area contributed by atoms with Crippen LogP contribution < -0.4 is 0 Å². The third-order valence-corrected chi connectivity index (χ3v) is 1.76. The van der Waals surface area contributed by atoms with E-state index in [-0.39, 0.29) is 0 Å². The molecule has 0 spiro atoms. The average Bonchev–Trinajstić information content (AvgIpc) is 2.10. The van der Waals surface area contributed by atoms with Gasteiger partial charge in [-0.1, -0.05) is 29.8 Å². The Morgan fingerprint density at radius 3 is 2.00 bits per heavy atom. The molecule has 62 valence electrons. The van der Waals surface area contributed by atoms with Crippen molar-refractivity contribution in [3.05, 3.63) is 35.4 Å². The molecule has 0 fully saturated rings. The van der Waals surface area contributed by atoms with Gasteiger partial charge < -0.3 is 9.59 Å². The molecule has 0 atom stereocenters. The third-order valence-electron chi connectivity index (χ3n) is 1.76. The molecule has 0 saturated heterocycles. The van der Waals surface area contributed by atoms with Crippen molar-refractivity contribution in [2.75, 3.05) is 0 Å². The lowest BCUT2D eigenvalue weighted by Crippen LogP contribution is -2.00. The molecule has 0 aromatic heterocycles. The van der Waals surface area contributed by atoms with Crippen molar-refractivity contribution in [1.29, 1.82) is 0 Å². The monoisotopic (exact) mass is 162 g/mol. The fourth-order valence-electron chi connectivity index (χ4n) is 0.978. The van der Waals surface area contributed by atoms with Crippen LogP contribution in [0.25, 0.3) is 0 Å². The standard InChI is InChI=1S/C10H10O2/c1-8-2-4-9(5-3-8)10(6-11)7-12/h2-7,10H,1H3. The first-order valence-electron chi connectivity index (χ1n) is 3.75. The molecule has 0 amide bonds. The van der Waals surface area contributed by atoms with E-state index in [0.29, 0.717) is 12.6 Å². The third kappa shape index (κ3) is 1.78. The second kappa shape index (κ2) is 3.81. The fraction of sp³-hybridized carbons (Fsp3) is 0.200. The Balaban J connectivity index is 2.94. The van der Waals surface area contributed by atoms with Gasteiger partial charge in [0, 0.05) is 0 Å². The van der Waals surface area contributed by atoms with E-state index in [4.69, 9.17) is 0 Å². The zero-order valence-corrected chi connectivity index (χ0v) is 6.86. The first-order chi connectivity index (χ1) is 5.77. The van der Waals surface area contributed by atoms with Crippen LogP contribution in [-0.2, 0) is 9.59 Å². The summed E-state index contributed by atoms with van der Waals surface area (Å²) in [5, 5.41) is 0. The van der Waals surface area contributed by atoms with Crippen LogP contribution in [-0.4, -0.2) is 12.6 Å². The Bertz CT molecular complexity index is 266. The Morgan fingerprint density at radius 1 is 1.08 bits per heavy atom. The normalized spacial score (nSPS) is 9.83. The number of aldehydes is 2. The number of hydrogen-bond donors (Lipinski definition) is 0. The van der Waals surface area contributed by atoms with Crippen LogP contribution in [0.2, 0.25) is 0 Å². The molecule has 12 heavy (non-hydrogen) atoms. The Hall–Kier alpha value is -1.44. The highest BCUT2D eigenvalue weighted by Gasteiger charge is 2.06. The van der Waals surface area contributed by atoms with Gasteiger partial charge in [0.2, 0.25) is 0 Å². The highest BCUT2D eigenvalue weighted by molar-refractivity contribution is 5.84. The van der Waals surface area contributed by atoms with Crippen molar-refractivity contribution in [2.24, 2.45) is 0 Å². The molecule has 0 saturated carbocycles. The van der Waals surface area contributed by atoms with Gasteiger partial charge in [0.05, 0.1) is 5.92 Å². The van der Waals surface area contributed by atoms with Gasteiger partial charge in [-0.25, -0.2) is 0 Å². The summed E-state index contributed by atoms with van der Waals surface area (Å²) in [6.45, 7) is 1.96. The largest absolute Gasteiger partial charge is 0.302 e. The zero-order chi connectivity index (χ0) is 8.97. The Labute approximate surface area is 71.2 Å². The van der Waals surface area contributed by atoms with Crippen molar-refractivity contribution >= 4 is 12.6 Å². The topological polar surface area (TPSA) is 34.1 Å². The van der Waals surface area contributed by atoms with Crippen LogP contribution in [0.4, 0.5) is 0 Å². The molecule has 0 aliphatic carbocycles. The van der Waals surface area contributed by atoms with Gasteiger partial charge in [0.1, 0.15) is 12.6 Å². The molecule has 1 aromatic carbocycles. The lowest BCUT2D eigenvalue weighted by molar-refractivity contribution is -0.116. The van der Waals surface area contributed by atoms with Gasteiger partial charge in [-0.15, -0.1) is 0 Å². The van der Waals surface area contributed by atoms with Crippen LogP contribution in [0.15, 0.2) is 24.3 Å². The molecule has 2 heteroatoms. The van der Waals surface area contributed by atoms with E-state index in [0.717, 1.165) is 11.1 Å². The van der Waals surface area contributed by atoms with Crippen LogP contribution in [0.1, 0.15) is 17.0 Å². The summed E-state index contributed by atoms with van der Waals surface area (Å²) < 4.78 is 0. The minimum atomic E-state index is -0.606. The summed E-state index contributed by atoms with van der Waals surface area (Å²) in [7, 11) is 0. The van der Waals surface area contributed by atoms with Gasteiger partial charge in [0.15, 0.2) is 0 Å². The van der Waals surface area contributed by atoms with Crippen LogP contribution in [0.3, 0.4) is 0 Å². The van der Waals surface area contributed by atoms with Gasteiger partial charge in [-0.2, -0.15) is 0 Å². The molecule has 0 radical (unpaired) electrons. The van der Waals surface area contributed by atoms with E-state index in [1.165, 1.54) is 0 Å². The quantitative estimate of drug-likeness (QED) is 0.498. The maximum absolute atomic E-state index is 10.4. The van der Waals surface area contributed by atoms with Gasteiger partial charge in [-0.3, -0.25) is 0 Å². The zero-order valence-electron chi connectivity index (χ0n) is 6.86. The first kappa shape index (κ1) is 8.65. The first-order valence-corrected chi connectivity index (χ1v) is 3.75. The van der Waals surface area contributed by atoms with Gasteiger partial charge in [0.25, 0.3) is 0 Å². The van der Waals surface area contributed by atoms with E-state index in [1.807, 2.05) is 19.1 Å². The predicted molar refractivity (Wildman–Crippen MR) is 46.0 cm³/mol. The van der Waals surface area contributed by atoms with Crippen molar-refractivity contribution in [1.82, 2.24) is 0 Å². The minimum absolute atomic E-state index is 0.606. The maximum atomic E-state index is 10.4. The Morgan fingerprint density at radius 2 is 1.58 bits per heavy atom. The number of rotatable bonds is 3. The molecule has 0 aliphatic heterocycles. The smallest absolute Gasteiger partial charge is 0.134 e. The fourth-order valence-corrected chi connectivity index (χ4v) is 0.978. The number of carbonyl (C=O) groups is 2. The van der Waals surface area contributed by atoms with Crippen LogP contribution >= 0.6 is 0 Å². The molecule has 2 nitrogen and oxygen atoms in total. The number of benzene rings is 1. The van der Waals surface area contributed by atoms with E-state index in [2.05, 4.69) is 0 Å². The van der Waals surface area contributed by atoms with E-state index >= 15 is 0 Å². The van der Waals surface area contributed by atoms with Crippen molar-refractivity contribution in [2.45, 2.75) is 12.8 Å². The molecule has 1 aromatic rings. The number of aryl methyl sites for hydroxylation is 1. The van der Waals surface area contributed by atoms with Crippen molar-refractivity contribution in [3.63, 3.8) is 0 Å². The number of carbonyl (C=O) groups excluding carboxylic acids is 2. The maximum Gasteiger partial charge on any atom is 0.134 e. The number of hydrogen-bond acceptors (Lipinski definition) is 2. The predicted octanol–water partition coefficient (Wildman–Crippen LogP) is 1.48. The Kier molecular flexibility index (Phi) is 2.75. The lowest BCUT2D eigenvalue weighted by atomic mass is 10.0. The lowest BCUT2D eigenvalue weighted by Gasteiger charge is -2.01. The second-order valence-electron chi connectivity index (χ2n) is 2.71. The van der Waals surface area contributed by atoms with E-state index < -0.39 is 5.92 Å². The summed E-state index contributed by atoms with van der Waals surface area (Å²) in [4.78, 5) is 20.8. The summed E-state index contributed by atoms with van der Waals surface area (Å²) in [5.41, 5.74) is 1.87. The van der Waals surface area contributed by atoms with Crippen LogP contribution in [0, 0.1) is 6.92 Å². The van der Waals surface area contributed by atoms with E-state index in [9.17, 15) is 9.59 Å². The van der Waals surface area contributed by atoms with Gasteiger partial charge in [-0.05, 0) is 12.5 Å². The molecule has 0 N–H and O–H groups in total. The highest BCUT2D eigenvalue weighted by atomic mass is 16.1. The molecule has 0 unspecified atom stereocenters. The molecule has 1 rings (SSSR count). The summed E-state index contributed by atoms with van der Waals surface area (Å²) in [6, 6.07) is 7.36. The van der Waals surface area contributed by atoms with Crippen LogP contribution in [0.5, 0.6) is 0 Å². The van der Waals surface area contributed by atoms with Gasteiger partial charge >= 0.3 is 0 Å². The molecular formula is C10H10O2. The molecular weight excluding hydrogens is 152 g/mol. The second-order valence-corrected chi connectivity index (χ2v) is 2.71. The SMILES string of the molecule is Cc1ccc(C(C=O)C=O)cc1. The minimum Gasteiger partial charge on any atom is -0.302 e. The highest BCUT2D eigenvalue weighted by Crippen LogP contribution is 2.11. The summed E-state index contributed by atoms with van der Waals surface area (Å²) in [5.74, 6) is -0.606. The van der Waals surface area contributed by atoms with Crippen molar-refractivity contribution in [3.8, 4) is 0 Å². The molecule has 0 aliphatic rings. The van der Waals surface area contributed by atoms with Crippen molar-refractivity contribution < 1.29 is 9.59 Å². The average molecular weight is 162 g/mol. The van der Waals surface area contributed by atoms with E-state index in [1.54, 1.807) is 12.1 Å². The summed E-state index contributed by atoms with van der Waals surface area (Å²) >= 11 is 0.